The highest BCUT2D eigenvalue weighted by Gasteiger charge is 2.14. The summed E-state index contributed by atoms with van der Waals surface area (Å²) in [6.07, 6.45) is 0. The van der Waals surface area contributed by atoms with Crippen LogP contribution >= 0.6 is 27.3 Å². The fourth-order valence-electron chi connectivity index (χ4n) is 2.15. The molecule has 23 heavy (non-hydrogen) atoms. The molecule has 0 saturated heterocycles. The summed E-state index contributed by atoms with van der Waals surface area (Å²) in [5.41, 5.74) is 2.90. The van der Waals surface area contributed by atoms with E-state index in [4.69, 9.17) is 0 Å². The zero-order valence-electron chi connectivity index (χ0n) is 12.1. The number of benzene rings is 2. The lowest BCUT2D eigenvalue weighted by Crippen LogP contribution is -2.13. The molecular weight excluding hydrogens is 379 g/mol. The number of amides is 1. The van der Waals surface area contributed by atoms with Crippen LogP contribution in [0.15, 0.2) is 52.3 Å². The van der Waals surface area contributed by atoms with E-state index in [2.05, 4.69) is 26.2 Å². The number of rotatable bonds is 3. The van der Waals surface area contributed by atoms with Crippen LogP contribution in [-0.4, -0.2) is 10.9 Å². The Hall–Kier alpha value is -2.05. The van der Waals surface area contributed by atoms with Crippen molar-refractivity contribution in [2.45, 2.75) is 6.92 Å². The second-order valence-corrected chi connectivity index (χ2v) is 6.70. The zero-order valence-corrected chi connectivity index (χ0v) is 14.5. The number of hydrogen-bond acceptors (Lipinski definition) is 3. The van der Waals surface area contributed by atoms with E-state index in [1.165, 1.54) is 23.5 Å². The van der Waals surface area contributed by atoms with Gasteiger partial charge in [0.25, 0.3) is 5.91 Å². The first kappa shape index (κ1) is 15.8. The smallest absolute Gasteiger partial charge is 0.260 e. The van der Waals surface area contributed by atoms with Gasteiger partial charge in [0, 0.05) is 15.4 Å². The SMILES string of the molecule is Cc1ccccc1-c1csc(NC(=O)c2ccc(Br)cc2F)n1. The molecule has 0 radical (unpaired) electrons. The lowest BCUT2D eigenvalue weighted by Gasteiger charge is -2.04. The van der Waals surface area contributed by atoms with Crippen LogP contribution in [-0.2, 0) is 0 Å². The highest BCUT2D eigenvalue weighted by Crippen LogP contribution is 2.27. The summed E-state index contributed by atoms with van der Waals surface area (Å²) in [5.74, 6) is -1.09. The van der Waals surface area contributed by atoms with Crippen LogP contribution in [0.4, 0.5) is 9.52 Å². The quantitative estimate of drug-likeness (QED) is 0.661. The van der Waals surface area contributed by atoms with E-state index < -0.39 is 11.7 Å². The first-order chi connectivity index (χ1) is 11.0. The van der Waals surface area contributed by atoms with Gasteiger partial charge in [-0.05, 0) is 30.7 Å². The van der Waals surface area contributed by atoms with Crippen molar-refractivity contribution >= 4 is 38.3 Å². The first-order valence-corrected chi connectivity index (χ1v) is 8.50. The molecule has 0 bridgehead atoms. The maximum Gasteiger partial charge on any atom is 0.260 e. The molecule has 0 fully saturated rings. The molecule has 1 heterocycles. The van der Waals surface area contributed by atoms with Gasteiger partial charge in [-0.25, -0.2) is 9.37 Å². The van der Waals surface area contributed by atoms with Crippen LogP contribution in [0.3, 0.4) is 0 Å². The summed E-state index contributed by atoms with van der Waals surface area (Å²) in [4.78, 5) is 16.6. The molecule has 0 unspecified atom stereocenters. The number of hydrogen-bond donors (Lipinski definition) is 1. The molecule has 0 aliphatic rings. The number of carbonyl (C=O) groups excluding carboxylic acids is 1. The van der Waals surface area contributed by atoms with Crippen molar-refractivity contribution in [3.05, 3.63) is 69.3 Å². The second-order valence-electron chi connectivity index (χ2n) is 4.93. The predicted molar refractivity (Wildman–Crippen MR) is 94.3 cm³/mol. The molecule has 0 aliphatic heterocycles. The van der Waals surface area contributed by atoms with Crippen molar-refractivity contribution in [1.82, 2.24) is 4.98 Å². The van der Waals surface area contributed by atoms with E-state index >= 15 is 0 Å². The summed E-state index contributed by atoms with van der Waals surface area (Å²) < 4.78 is 14.4. The summed E-state index contributed by atoms with van der Waals surface area (Å²) in [5, 5.41) is 4.95. The fourth-order valence-corrected chi connectivity index (χ4v) is 3.19. The number of aromatic nitrogens is 1. The summed E-state index contributed by atoms with van der Waals surface area (Å²) in [6.45, 7) is 2.00. The number of halogens is 2. The maximum atomic E-state index is 13.8. The van der Waals surface area contributed by atoms with Gasteiger partial charge in [0.2, 0.25) is 0 Å². The highest BCUT2D eigenvalue weighted by atomic mass is 79.9. The largest absolute Gasteiger partial charge is 0.298 e. The Labute approximate surface area is 145 Å². The van der Waals surface area contributed by atoms with E-state index in [9.17, 15) is 9.18 Å². The average molecular weight is 391 g/mol. The van der Waals surface area contributed by atoms with Crippen LogP contribution in [0, 0.1) is 12.7 Å². The Bertz CT molecular complexity index is 879. The molecule has 0 saturated carbocycles. The monoisotopic (exact) mass is 390 g/mol. The van der Waals surface area contributed by atoms with Crippen LogP contribution in [0.5, 0.6) is 0 Å². The minimum absolute atomic E-state index is 0.0131. The Morgan fingerprint density at radius 1 is 1.26 bits per heavy atom. The number of nitrogens with one attached hydrogen (secondary N) is 1. The van der Waals surface area contributed by atoms with Gasteiger partial charge in [0.05, 0.1) is 11.3 Å². The van der Waals surface area contributed by atoms with Gasteiger partial charge in [-0.1, -0.05) is 40.2 Å². The number of carbonyl (C=O) groups is 1. The van der Waals surface area contributed by atoms with Gasteiger partial charge in [0.15, 0.2) is 5.13 Å². The third-order valence-corrected chi connectivity index (χ3v) is 4.57. The number of anilines is 1. The average Bonchev–Trinajstić information content (AvgIpc) is 2.95. The first-order valence-electron chi connectivity index (χ1n) is 6.82. The highest BCUT2D eigenvalue weighted by molar-refractivity contribution is 9.10. The normalized spacial score (nSPS) is 10.6. The molecule has 0 atom stereocenters. The second kappa shape index (κ2) is 6.60. The molecule has 3 nitrogen and oxygen atoms in total. The van der Waals surface area contributed by atoms with E-state index in [0.29, 0.717) is 9.60 Å². The Morgan fingerprint density at radius 2 is 2.04 bits per heavy atom. The Kier molecular flexibility index (Phi) is 4.54. The van der Waals surface area contributed by atoms with Crippen molar-refractivity contribution < 1.29 is 9.18 Å². The third-order valence-electron chi connectivity index (χ3n) is 3.32. The fraction of sp³-hybridized carbons (Fsp3) is 0.0588. The molecule has 116 valence electrons. The molecule has 0 aliphatic carbocycles. The standard InChI is InChI=1S/C17H12BrFN2OS/c1-10-4-2-3-5-12(10)15-9-23-17(20-15)21-16(22)13-7-6-11(18)8-14(13)19/h2-9H,1H3,(H,20,21,22). The molecule has 1 amide bonds. The van der Waals surface area contributed by atoms with Gasteiger partial charge < -0.3 is 0 Å². The number of thiazole rings is 1. The molecular formula is C17H12BrFN2OS. The van der Waals surface area contributed by atoms with Gasteiger partial charge in [0.1, 0.15) is 5.82 Å². The molecule has 2 aromatic carbocycles. The summed E-state index contributed by atoms with van der Waals surface area (Å²) in [6, 6.07) is 12.2. The van der Waals surface area contributed by atoms with Gasteiger partial charge in [-0.3, -0.25) is 10.1 Å². The number of aryl methyl sites for hydroxylation is 1. The van der Waals surface area contributed by atoms with Crippen molar-refractivity contribution in [2.24, 2.45) is 0 Å². The van der Waals surface area contributed by atoms with Crippen LogP contribution in [0.25, 0.3) is 11.3 Å². The van der Waals surface area contributed by atoms with Crippen molar-refractivity contribution in [3.63, 3.8) is 0 Å². The van der Waals surface area contributed by atoms with Crippen molar-refractivity contribution in [2.75, 3.05) is 5.32 Å². The lowest BCUT2D eigenvalue weighted by atomic mass is 10.1. The Balaban J connectivity index is 1.82. The van der Waals surface area contributed by atoms with E-state index in [1.54, 1.807) is 6.07 Å². The third kappa shape index (κ3) is 3.48. The van der Waals surface area contributed by atoms with Crippen LogP contribution in [0.1, 0.15) is 15.9 Å². The van der Waals surface area contributed by atoms with Gasteiger partial charge in [-0.2, -0.15) is 0 Å². The van der Waals surface area contributed by atoms with Crippen LogP contribution in [0.2, 0.25) is 0 Å². The summed E-state index contributed by atoms with van der Waals surface area (Å²) in [7, 11) is 0. The zero-order chi connectivity index (χ0) is 16.4. The number of nitrogens with zero attached hydrogens (tertiary/aromatic N) is 1. The minimum atomic E-state index is -0.576. The van der Waals surface area contributed by atoms with Gasteiger partial charge in [-0.15, -0.1) is 11.3 Å². The molecule has 0 spiro atoms. The molecule has 1 N–H and O–H groups in total. The topological polar surface area (TPSA) is 42.0 Å². The van der Waals surface area contributed by atoms with Crippen molar-refractivity contribution in [3.8, 4) is 11.3 Å². The molecule has 3 aromatic rings. The van der Waals surface area contributed by atoms with Gasteiger partial charge >= 0.3 is 0 Å². The van der Waals surface area contributed by atoms with Crippen LogP contribution < -0.4 is 5.32 Å². The molecule has 3 rings (SSSR count). The lowest BCUT2D eigenvalue weighted by molar-refractivity contribution is 0.102. The predicted octanol–water partition coefficient (Wildman–Crippen LogP) is 5.27. The molecule has 1 aromatic heterocycles. The minimum Gasteiger partial charge on any atom is -0.298 e. The molecule has 6 heteroatoms. The maximum absolute atomic E-state index is 13.8. The van der Waals surface area contributed by atoms with E-state index in [1.807, 2.05) is 36.6 Å². The Morgan fingerprint density at radius 3 is 2.78 bits per heavy atom. The van der Waals surface area contributed by atoms with E-state index in [0.717, 1.165) is 16.8 Å². The van der Waals surface area contributed by atoms with Crippen molar-refractivity contribution in [1.29, 1.82) is 0 Å². The summed E-state index contributed by atoms with van der Waals surface area (Å²) >= 11 is 4.48. The van der Waals surface area contributed by atoms with E-state index in [-0.39, 0.29) is 5.56 Å².